The van der Waals surface area contributed by atoms with Crippen LogP contribution in [0, 0.1) is 6.92 Å². The van der Waals surface area contributed by atoms with Crippen LogP contribution < -0.4 is 4.72 Å². The Kier molecular flexibility index (Phi) is 4.24. The number of carboxylic acid groups (broad SMARTS) is 1. The number of carboxylic acids is 1. The smallest absolute Gasteiger partial charge is 0.357 e. The van der Waals surface area contributed by atoms with Crippen LogP contribution in [0.1, 0.15) is 35.9 Å². The summed E-state index contributed by atoms with van der Waals surface area (Å²) < 4.78 is 26.1. The first-order valence-electron chi connectivity index (χ1n) is 5.18. The fourth-order valence-electron chi connectivity index (χ4n) is 1.35. The quantitative estimate of drug-likeness (QED) is 0.645. The second-order valence-corrected chi connectivity index (χ2v) is 5.29. The van der Waals surface area contributed by atoms with E-state index < -0.39 is 21.7 Å². The van der Waals surface area contributed by atoms with Gasteiger partial charge in [-0.05, 0) is 13.3 Å². The first-order chi connectivity index (χ1) is 7.90. The predicted octanol–water partition coefficient (Wildman–Crippen LogP) is 0.495. The van der Waals surface area contributed by atoms with Crippen molar-refractivity contribution in [3.05, 3.63) is 11.4 Å². The predicted molar refractivity (Wildman–Crippen MR) is 60.4 cm³/mol. The summed E-state index contributed by atoms with van der Waals surface area (Å²) >= 11 is 0. The van der Waals surface area contributed by atoms with Crippen molar-refractivity contribution in [1.82, 2.24) is 14.9 Å². The van der Waals surface area contributed by atoms with Gasteiger partial charge in [-0.2, -0.15) is 5.10 Å². The van der Waals surface area contributed by atoms with Crippen molar-refractivity contribution < 1.29 is 18.3 Å². The van der Waals surface area contributed by atoms with Gasteiger partial charge in [0.2, 0.25) is 10.0 Å². The van der Waals surface area contributed by atoms with Crippen LogP contribution in [0.5, 0.6) is 0 Å². The van der Waals surface area contributed by atoms with Gasteiger partial charge in [0.25, 0.3) is 0 Å². The number of hydrogen-bond donors (Lipinski definition) is 3. The van der Waals surface area contributed by atoms with Crippen LogP contribution in [0.15, 0.2) is 4.90 Å². The van der Waals surface area contributed by atoms with E-state index in [1.54, 1.807) is 0 Å². The highest BCUT2D eigenvalue weighted by Gasteiger charge is 2.27. The molecular formula is C9H15N3O4S. The van der Waals surface area contributed by atoms with Crippen molar-refractivity contribution in [2.45, 2.75) is 31.6 Å². The standard InChI is InChI=1S/C9H15N3O4S/c1-3-4-5-10-17(15,16)8-6(2)11-12-7(8)9(13)14/h10H,3-5H2,1-2H3,(H,11,12)(H,13,14). The highest BCUT2D eigenvalue weighted by Crippen LogP contribution is 2.17. The number of nitrogens with zero attached hydrogens (tertiary/aromatic N) is 1. The van der Waals surface area contributed by atoms with E-state index in [1.807, 2.05) is 6.92 Å². The molecule has 1 heterocycles. The van der Waals surface area contributed by atoms with Crippen LogP contribution in [0.3, 0.4) is 0 Å². The number of H-pyrrole nitrogens is 1. The molecule has 17 heavy (non-hydrogen) atoms. The normalized spacial score (nSPS) is 11.6. The van der Waals surface area contributed by atoms with Gasteiger partial charge < -0.3 is 5.11 Å². The molecule has 8 heteroatoms. The SMILES string of the molecule is CCCCNS(=O)(=O)c1c(C(=O)O)n[nH]c1C. The van der Waals surface area contributed by atoms with Crippen LogP contribution >= 0.6 is 0 Å². The lowest BCUT2D eigenvalue weighted by Crippen LogP contribution is -2.26. The number of nitrogens with one attached hydrogen (secondary N) is 2. The average Bonchev–Trinajstić information content (AvgIpc) is 2.61. The summed E-state index contributed by atoms with van der Waals surface area (Å²) in [6, 6.07) is 0. The third-order valence-electron chi connectivity index (χ3n) is 2.18. The van der Waals surface area contributed by atoms with Crippen LogP contribution in [-0.2, 0) is 10.0 Å². The number of hydrogen-bond acceptors (Lipinski definition) is 4. The largest absolute Gasteiger partial charge is 0.476 e. The number of aromatic nitrogens is 2. The number of aryl methyl sites for hydroxylation is 1. The van der Waals surface area contributed by atoms with Crippen molar-refractivity contribution in [2.24, 2.45) is 0 Å². The monoisotopic (exact) mass is 261 g/mol. The molecule has 3 N–H and O–H groups in total. The summed E-state index contributed by atoms with van der Waals surface area (Å²) in [6.45, 7) is 3.68. The molecule has 0 fully saturated rings. The molecule has 0 amide bonds. The molecule has 1 aromatic rings. The van der Waals surface area contributed by atoms with E-state index in [4.69, 9.17) is 5.11 Å². The summed E-state index contributed by atoms with van der Waals surface area (Å²) in [7, 11) is -3.82. The Morgan fingerprint density at radius 1 is 1.53 bits per heavy atom. The first kappa shape index (κ1) is 13.7. The summed E-state index contributed by atoms with van der Waals surface area (Å²) in [6.07, 6.45) is 1.54. The number of rotatable bonds is 6. The average molecular weight is 261 g/mol. The van der Waals surface area contributed by atoms with Gasteiger partial charge in [0.05, 0.1) is 5.69 Å². The van der Waals surface area contributed by atoms with Gasteiger partial charge >= 0.3 is 5.97 Å². The van der Waals surface area contributed by atoms with Crippen LogP contribution in [0.2, 0.25) is 0 Å². The molecule has 0 aliphatic carbocycles. The van der Waals surface area contributed by atoms with E-state index in [0.717, 1.165) is 6.42 Å². The molecule has 0 aliphatic heterocycles. The molecular weight excluding hydrogens is 246 g/mol. The van der Waals surface area contributed by atoms with Gasteiger partial charge in [0.15, 0.2) is 5.69 Å². The van der Waals surface area contributed by atoms with Crippen LogP contribution in [-0.4, -0.2) is 36.2 Å². The maximum Gasteiger partial charge on any atom is 0.357 e. The lowest BCUT2D eigenvalue weighted by molar-refractivity contribution is 0.0686. The van der Waals surface area contributed by atoms with E-state index in [9.17, 15) is 13.2 Å². The molecule has 1 rings (SSSR count). The highest BCUT2D eigenvalue weighted by molar-refractivity contribution is 7.89. The fourth-order valence-corrected chi connectivity index (χ4v) is 2.74. The Labute approximate surface area is 99.3 Å². The van der Waals surface area contributed by atoms with Crippen molar-refractivity contribution in [2.75, 3.05) is 6.54 Å². The number of unbranched alkanes of at least 4 members (excludes halogenated alkanes) is 1. The summed E-state index contributed by atoms with van der Waals surface area (Å²) in [5.41, 5.74) is -0.266. The van der Waals surface area contributed by atoms with Crippen LogP contribution in [0.4, 0.5) is 0 Å². The zero-order valence-corrected chi connectivity index (χ0v) is 10.5. The minimum absolute atomic E-state index is 0.214. The molecule has 1 aromatic heterocycles. The lowest BCUT2D eigenvalue weighted by Gasteiger charge is -2.05. The second-order valence-electron chi connectivity index (χ2n) is 3.58. The van der Waals surface area contributed by atoms with Crippen molar-refractivity contribution in [1.29, 1.82) is 0 Å². The van der Waals surface area contributed by atoms with Crippen molar-refractivity contribution in [3.63, 3.8) is 0 Å². The van der Waals surface area contributed by atoms with E-state index >= 15 is 0 Å². The summed E-state index contributed by atoms with van der Waals surface area (Å²) in [5.74, 6) is -1.37. The summed E-state index contributed by atoms with van der Waals surface area (Å²) in [5, 5.41) is 14.7. The van der Waals surface area contributed by atoms with Crippen molar-refractivity contribution in [3.8, 4) is 0 Å². The molecule has 0 bridgehead atoms. The minimum atomic E-state index is -3.82. The Balaban J connectivity index is 3.06. The third-order valence-corrected chi connectivity index (χ3v) is 3.81. The first-order valence-corrected chi connectivity index (χ1v) is 6.66. The Morgan fingerprint density at radius 2 is 2.18 bits per heavy atom. The number of sulfonamides is 1. The molecule has 7 nitrogen and oxygen atoms in total. The number of carbonyl (C=O) groups is 1. The Morgan fingerprint density at radius 3 is 2.71 bits per heavy atom. The van der Waals surface area contributed by atoms with Gasteiger partial charge in [0, 0.05) is 6.54 Å². The topological polar surface area (TPSA) is 112 Å². The molecule has 0 radical (unpaired) electrons. The minimum Gasteiger partial charge on any atom is -0.476 e. The molecule has 0 aromatic carbocycles. The molecule has 0 saturated carbocycles. The van der Waals surface area contributed by atoms with Gasteiger partial charge in [-0.1, -0.05) is 13.3 Å². The maximum atomic E-state index is 11.9. The molecule has 0 spiro atoms. The maximum absolute atomic E-state index is 11.9. The van der Waals surface area contributed by atoms with Gasteiger partial charge in [-0.15, -0.1) is 0 Å². The van der Waals surface area contributed by atoms with Crippen molar-refractivity contribution >= 4 is 16.0 Å². The van der Waals surface area contributed by atoms with Gasteiger partial charge in [-0.3, -0.25) is 5.10 Å². The molecule has 0 unspecified atom stereocenters. The fraction of sp³-hybridized carbons (Fsp3) is 0.556. The van der Waals surface area contributed by atoms with E-state index in [0.29, 0.717) is 6.42 Å². The molecule has 96 valence electrons. The summed E-state index contributed by atoms with van der Waals surface area (Å²) in [4.78, 5) is 10.5. The van der Waals surface area contributed by atoms with E-state index in [1.165, 1.54) is 6.92 Å². The van der Waals surface area contributed by atoms with E-state index in [-0.39, 0.29) is 17.1 Å². The molecule has 0 atom stereocenters. The number of aromatic carboxylic acids is 1. The zero-order chi connectivity index (χ0) is 13.1. The molecule has 0 saturated heterocycles. The van der Waals surface area contributed by atoms with Gasteiger partial charge in [0.1, 0.15) is 4.90 Å². The van der Waals surface area contributed by atoms with Crippen LogP contribution in [0.25, 0.3) is 0 Å². The second kappa shape index (κ2) is 5.28. The molecule has 0 aliphatic rings. The highest BCUT2D eigenvalue weighted by atomic mass is 32.2. The van der Waals surface area contributed by atoms with E-state index in [2.05, 4.69) is 14.9 Å². The van der Waals surface area contributed by atoms with Gasteiger partial charge in [-0.25, -0.2) is 17.9 Å². The number of aromatic amines is 1. The Bertz CT molecular complexity index is 506. The Hall–Kier alpha value is -1.41. The third kappa shape index (κ3) is 3.04. The zero-order valence-electron chi connectivity index (χ0n) is 9.65. The lowest BCUT2D eigenvalue weighted by atomic mass is 10.3.